The van der Waals surface area contributed by atoms with Crippen LogP contribution in [0.25, 0.3) is 0 Å². The SMILES string of the molecule is C=CC(C)NC(=O)C1(CN)CCOCC1. The molecule has 1 aliphatic rings. The van der Waals surface area contributed by atoms with Crippen molar-refractivity contribution in [2.24, 2.45) is 11.1 Å². The predicted molar refractivity (Wildman–Crippen MR) is 59.3 cm³/mol. The summed E-state index contributed by atoms with van der Waals surface area (Å²) >= 11 is 0. The van der Waals surface area contributed by atoms with E-state index in [-0.39, 0.29) is 11.9 Å². The van der Waals surface area contributed by atoms with Crippen molar-refractivity contribution in [1.82, 2.24) is 5.32 Å². The van der Waals surface area contributed by atoms with Crippen LogP contribution in [-0.2, 0) is 9.53 Å². The van der Waals surface area contributed by atoms with Crippen molar-refractivity contribution in [2.45, 2.75) is 25.8 Å². The van der Waals surface area contributed by atoms with Gasteiger partial charge in [0.15, 0.2) is 0 Å². The van der Waals surface area contributed by atoms with Gasteiger partial charge in [-0.05, 0) is 19.8 Å². The Morgan fingerprint density at radius 2 is 2.27 bits per heavy atom. The molecule has 0 aromatic heterocycles. The summed E-state index contributed by atoms with van der Waals surface area (Å²) in [5.74, 6) is 0.0284. The van der Waals surface area contributed by atoms with Crippen LogP contribution in [-0.4, -0.2) is 31.7 Å². The lowest BCUT2D eigenvalue weighted by molar-refractivity contribution is -0.136. The summed E-state index contributed by atoms with van der Waals surface area (Å²) in [6.45, 7) is 7.15. The van der Waals surface area contributed by atoms with E-state index in [1.54, 1.807) is 6.08 Å². The molecule has 0 saturated carbocycles. The van der Waals surface area contributed by atoms with Crippen LogP contribution in [0.3, 0.4) is 0 Å². The first-order valence-electron chi connectivity index (χ1n) is 5.36. The van der Waals surface area contributed by atoms with Crippen LogP contribution >= 0.6 is 0 Å². The lowest BCUT2D eigenvalue weighted by Crippen LogP contribution is -2.50. The Balaban J connectivity index is 2.63. The number of carbonyl (C=O) groups is 1. The summed E-state index contributed by atoms with van der Waals surface area (Å²) in [4.78, 5) is 12.0. The number of rotatable bonds is 4. The highest BCUT2D eigenvalue weighted by Gasteiger charge is 2.38. The molecule has 1 saturated heterocycles. The van der Waals surface area contributed by atoms with E-state index in [2.05, 4.69) is 11.9 Å². The fourth-order valence-electron chi connectivity index (χ4n) is 1.70. The van der Waals surface area contributed by atoms with Gasteiger partial charge in [-0.1, -0.05) is 6.08 Å². The van der Waals surface area contributed by atoms with Gasteiger partial charge in [0, 0.05) is 25.8 Å². The van der Waals surface area contributed by atoms with Crippen molar-refractivity contribution in [1.29, 1.82) is 0 Å². The molecule has 0 spiro atoms. The summed E-state index contributed by atoms with van der Waals surface area (Å²) in [6, 6.07) is -0.0104. The zero-order chi connectivity index (χ0) is 11.3. The molecule has 1 aliphatic heterocycles. The van der Waals surface area contributed by atoms with Crippen molar-refractivity contribution < 1.29 is 9.53 Å². The highest BCUT2D eigenvalue weighted by molar-refractivity contribution is 5.83. The van der Waals surface area contributed by atoms with Gasteiger partial charge in [-0.15, -0.1) is 6.58 Å². The number of carbonyl (C=O) groups excluding carboxylic acids is 1. The van der Waals surface area contributed by atoms with Crippen LogP contribution in [0, 0.1) is 5.41 Å². The Kier molecular flexibility index (Phi) is 4.29. The maximum absolute atomic E-state index is 12.0. The molecule has 1 unspecified atom stereocenters. The molecule has 0 aromatic carbocycles. The maximum Gasteiger partial charge on any atom is 0.228 e. The zero-order valence-corrected chi connectivity index (χ0v) is 9.29. The number of hydrogen-bond donors (Lipinski definition) is 2. The largest absolute Gasteiger partial charge is 0.381 e. The van der Waals surface area contributed by atoms with E-state index in [9.17, 15) is 4.79 Å². The third-order valence-corrected chi connectivity index (χ3v) is 3.03. The van der Waals surface area contributed by atoms with E-state index in [0.29, 0.717) is 32.6 Å². The molecule has 3 N–H and O–H groups in total. The fraction of sp³-hybridized carbons (Fsp3) is 0.727. The normalized spacial score (nSPS) is 21.7. The zero-order valence-electron chi connectivity index (χ0n) is 9.29. The average Bonchev–Trinajstić information content (AvgIpc) is 2.29. The Morgan fingerprint density at radius 3 is 2.73 bits per heavy atom. The topological polar surface area (TPSA) is 64.4 Å². The highest BCUT2D eigenvalue weighted by atomic mass is 16.5. The van der Waals surface area contributed by atoms with Crippen LogP contribution in [0.1, 0.15) is 19.8 Å². The second kappa shape index (κ2) is 5.28. The molecule has 1 heterocycles. The van der Waals surface area contributed by atoms with E-state index in [0.717, 1.165) is 0 Å². The van der Waals surface area contributed by atoms with E-state index < -0.39 is 5.41 Å². The lowest BCUT2D eigenvalue weighted by Gasteiger charge is -2.35. The Hall–Kier alpha value is -0.870. The quantitative estimate of drug-likeness (QED) is 0.664. The van der Waals surface area contributed by atoms with Crippen LogP contribution in [0.15, 0.2) is 12.7 Å². The van der Waals surface area contributed by atoms with Gasteiger partial charge in [-0.25, -0.2) is 0 Å². The molecule has 4 nitrogen and oxygen atoms in total. The van der Waals surface area contributed by atoms with Crippen LogP contribution < -0.4 is 11.1 Å². The van der Waals surface area contributed by atoms with Crippen molar-refractivity contribution >= 4 is 5.91 Å². The number of nitrogens with two attached hydrogens (primary N) is 1. The Morgan fingerprint density at radius 1 is 1.67 bits per heavy atom. The molecule has 1 fully saturated rings. The molecule has 1 atom stereocenters. The maximum atomic E-state index is 12.0. The lowest BCUT2D eigenvalue weighted by atomic mass is 9.79. The summed E-state index contributed by atoms with van der Waals surface area (Å²) in [5.41, 5.74) is 5.28. The minimum absolute atomic E-state index is 0.0104. The van der Waals surface area contributed by atoms with Gasteiger partial charge >= 0.3 is 0 Å². The van der Waals surface area contributed by atoms with Crippen molar-refractivity contribution in [2.75, 3.05) is 19.8 Å². The molecule has 1 rings (SSSR count). The smallest absolute Gasteiger partial charge is 0.228 e. The predicted octanol–water partition coefficient (Wildman–Crippen LogP) is 0.433. The van der Waals surface area contributed by atoms with Crippen molar-refractivity contribution in [3.63, 3.8) is 0 Å². The number of hydrogen-bond acceptors (Lipinski definition) is 3. The van der Waals surface area contributed by atoms with Gasteiger partial charge in [-0.3, -0.25) is 4.79 Å². The van der Waals surface area contributed by atoms with Crippen molar-refractivity contribution in [3.05, 3.63) is 12.7 Å². The van der Waals surface area contributed by atoms with Gasteiger partial charge in [0.1, 0.15) is 0 Å². The van der Waals surface area contributed by atoms with Gasteiger partial charge in [0.25, 0.3) is 0 Å². The third kappa shape index (κ3) is 2.79. The van der Waals surface area contributed by atoms with Gasteiger partial charge in [-0.2, -0.15) is 0 Å². The van der Waals surface area contributed by atoms with Gasteiger partial charge < -0.3 is 15.8 Å². The van der Waals surface area contributed by atoms with E-state index >= 15 is 0 Å². The minimum atomic E-state index is -0.435. The monoisotopic (exact) mass is 212 g/mol. The van der Waals surface area contributed by atoms with Crippen LogP contribution in [0.4, 0.5) is 0 Å². The summed E-state index contributed by atoms with van der Waals surface area (Å²) in [5, 5.41) is 2.90. The van der Waals surface area contributed by atoms with E-state index in [4.69, 9.17) is 10.5 Å². The van der Waals surface area contributed by atoms with E-state index in [1.165, 1.54) is 0 Å². The molecule has 4 heteroatoms. The van der Waals surface area contributed by atoms with Gasteiger partial charge in [0.05, 0.1) is 5.41 Å². The Bertz CT molecular complexity index is 235. The Labute approximate surface area is 90.9 Å². The molecule has 0 radical (unpaired) electrons. The molecular weight excluding hydrogens is 192 g/mol. The van der Waals surface area contributed by atoms with E-state index in [1.807, 2.05) is 6.92 Å². The third-order valence-electron chi connectivity index (χ3n) is 3.03. The molecule has 86 valence electrons. The molecule has 1 amide bonds. The fourth-order valence-corrected chi connectivity index (χ4v) is 1.70. The molecular formula is C11H20N2O2. The summed E-state index contributed by atoms with van der Waals surface area (Å²) in [7, 11) is 0. The first-order chi connectivity index (χ1) is 7.14. The highest BCUT2D eigenvalue weighted by Crippen LogP contribution is 2.29. The summed E-state index contributed by atoms with van der Waals surface area (Å²) in [6.07, 6.45) is 3.12. The molecule has 0 aromatic rings. The van der Waals surface area contributed by atoms with Crippen LogP contribution in [0.2, 0.25) is 0 Å². The summed E-state index contributed by atoms with van der Waals surface area (Å²) < 4.78 is 5.25. The number of ether oxygens (including phenoxy) is 1. The average molecular weight is 212 g/mol. The number of nitrogens with one attached hydrogen (secondary N) is 1. The minimum Gasteiger partial charge on any atom is -0.381 e. The first kappa shape index (κ1) is 12.2. The molecule has 0 aliphatic carbocycles. The molecule has 15 heavy (non-hydrogen) atoms. The number of amides is 1. The first-order valence-corrected chi connectivity index (χ1v) is 5.36. The second-order valence-corrected chi connectivity index (χ2v) is 4.09. The van der Waals surface area contributed by atoms with Gasteiger partial charge in [0.2, 0.25) is 5.91 Å². The van der Waals surface area contributed by atoms with Crippen molar-refractivity contribution in [3.8, 4) is 0 Å². The standard InChI is InChI=1S/C11H20N2O2/c1-3-9(2)13-10(14)11(8-12)4-6-15-7-5-11/h3,9H,1,4-8,12H2,2H3,(H,13,14). The second-order valence-electron chi connectivity index (χ2n) is 4.09. The van der Waals surface area contributed by atoms with Crippen LogP contribution in [0.5, 0.6) is 0 Å². The molecule has 0 bridgehead atoms.